The van der Waals surface area contributed by atoms with Gasteiger partial charge < -0.3 is 14.6 Å². The molecule has 0 aliphatic rings. The molecule has 0 unspecified atom stereocenters. The number of nitrogens with zero attached hydrogens (tertiary/aromatic N) is 3. The number of aromatic nitrogens is 3. The van der Waals surface area contributed by atoms with Gasteiger partial charge >= 0.3 is 0 Å². The first-order chi connectivity index (χ1) is 10.9. The molecular formula is C13H15ClF4N4OS. The van der Waals surface area contributed by atoms with Crippen molar-refractivity contribution in [3.05, 3.63) is 34.7 Å². The van der Waals surface area contributed by atoms with Crippen LogP contribution in [0.25, 0.3) is 0 Å². The van der Waals surface area contributed by atoms with Gasteiger partial charge in [-0.3, -0.25) is 0 Å². The van der Waals surface area contributed by atoms with Crippen LogP contribution in [0.3, 0.4) is 0 Å². The van der Waals surface area contributed by atoms with Crippen LogP contribution < -0.4 is 10.1 Å². The molecule has 0 aliphatic heterocycles. The number of thioether (sulfide) groups is 1. The highest BCUT2D eigenvalue weighted by Crippen LogP contribution is 2.33. The molecule has 0 saturated heterocycles. The standard InChI is InChI=1S/C13H14F4N4OS.ClH/c1-18-4-7-19-20-13(21(7)2)23-5-6-8(14)10(16)12(22-3)11(17)9(6)15;/h18H,4-5H2,1-3H3;1H. The quantitative estimate of drug-likeness (QED) is 0.470. The van der Waals surface area contributed by atoms with Gasteiger partial charge in [0.25, 0.3) is 0 Å². The first kappa shape index (κ1) is 20.5. The Morgan fingerprint density at radius 2 is 1.67 bits per heavy atom. The Kier molecular flexibility index (Phi) is 7.30. The number of methoxy groups -OCH3 is 1. The van der Waals surface area contributed by atoms with E-state index in [1.165, 1.54) is 0 Å². The van der Waals surface area contributed by atoms with Crippen molar-refractivity contribution in [3.63, 3.8) is 0 Å². The molecule has 1 aromatic heterocycles. The Morgan fingerprint density at radius 3 is 2.17 bits per heavy atom. The number of hydrogen-bond acceptors (Lipinski definition) is 5. The minimum atomic E-state index is -1.56. The zero-order valence-corrected chi connectivity index (χ0v) is 14.6. The maximum absolute atomic E-state index is 13.9. The van der Waals surface area contributed by atoms with Crippen LogP contribution in [0.15, 0.2) is 5.16 Å². The highest BCUT2D eigenvalue weighted by Gasteiger charge is 2.26. The number of halogens is 5. The van der Waals surface area contributed by atoms with E-state index in [9.17, 15) is 17.6 Å². The van der Waals surface area contributed by atoms with Gasteiger partial charge in [0.15, 0.2) is 22.5 Å². The first-order valence-electron chi connectivity index (χ1n) is 6.46. The second-order valence-corrected chi connectivity index (χ2v) is 5.49. The lowest BCUT2D eigenvalue weighted by Gasteiger charge is -2.10. The zero-order valence-electron chi connectivity index (χ0n) is 13.0. The summed E-state index contributed by atoms with van der Waals surface area (Å²) in [5, 5.41) is 11.0. The van der Waals surface area contributed by atoms with Crippen molar-refractivity contribution in [2.24, 2.45) is 7.05 Å². The maximum atomic E-state index is 13.9. The summed E-state index contributed by atoms with van der Waals surface area (Å²) in [6, 6.07) is 0. The van der Waals surface area contributed by atoms with Crippen LogP contribution in [0.2, 0.25) is 0 Å². The first-order valence-corrected chi connectivity index (χ1v) is 7.45. The van der Waals surface area contributed by atoms with Crippen molar-refractivity contribution >= 4 is 24.2 Å². The molecule has 0 bridgehead atoms. The largest absolute Gasteiger partial charge is 0.491 e. The lowest BCUT2D eigenvalue weighted by atomic mass is 10.2. The van der Waals surface area contributed by atoms with E-state index in [0.29, 0.717) is 17.5 Å². The van der Waals surface area contributed by atoms with Crippen LogP contribution in [-0.4, -0.2) is 28.9 Å². The van der Waals surface area contributed by atoms with Gasteiger partial charge in [0.1, 0.15) is 5.82 Å². The molecule has 0 fully saturated rings. The van der Waals surface area contributed by atoms with Crippen molar-refractivity contribution in [2.45, 2.75) is 17.5 Å². The third-order valence-electron chi connectivity index (χ3n) is 3.12. The van der Waals surface area contributed by atoms with Crippen molar-refractivity contribution in [1.82, 2.24) is 20.1 Å². The number of benzene rings is 1. The van der Waals surface area contributed by atoms with Crippen LogP contribution >= 0.6 is 24.2 Å². The van der Waals surface area contributed by atoms with E-state index in [1.807, 2.05) is 0 Å². The molecule has 11 heteroatoms. The molecule has 2 aromatic rings. The third-order valence-corrected chi connectivity index (χ3v) is 4.17. The summed E-state index contributed by atoms with van der Waals surface area (Å²) < 4.78 is 61.0. The number of rotatable bonds is 6. The summed E-state index contributed by atoms with van der Waals surface area (Å²) in [5.74, 6) is -6.89. The number of nitrogens with one attached hydrogen (secondary N) is 1. The minimum Gasteiger partial charge on any atom is -0.491 e. The molecule has 0 radical (unpaired) electrons. The van der Waals surface area contributed by atoms with E-state index in [0.717, 1.165) is 18.9 Å². The van der Waals surface area contributed by atoms with E-state index < -0.39 is 34.6 Å². The van der Waals surface area contributed by atoms with Gasteiger partial charge in [0.2, 0.25) is 11.6 Å². The summed E-state index contributed by atoms with van der Waals surface area (Å²) in [6.45, 7) is 0.457. The number of ether oxygens (including phenoxy) is 1. The van der Waals surface area contributed by atoms with Crippen molar-refractivity contribution < 1.29 is 22.3 Å². The molecule has 1 aromatic carbocycles. The molecule has 0 saturated carbocycles. The predicted molar refractivity (Wildman–Crippen MR) is 83.4 cm³/mol. The second-order valence-electron chi connectivity index (χ2n) is 4.54. The molecular weight excluding hydrogens is 372 g/mol. The molecule has 2 rings (SSSR count). The highest BCUT2D eigenvalue weighted by molar-refractivity contribution is 7.98. The van der Waals surface area contributed by atoms with Crippen LogP contribution in [0.5, 0.6) is 5.75 Å². The number of hydrogen-bond donors (Lipinski definition) is 1. The van der Waals surface area contributed by atoms with Gasteiger partial charge in [-0.05, 0) is 7.05 Å². The SMILES string of the molecule is CNCc1nnc(SCc2c(F)c(F)c(OC)c(F)c2F)n1C.Cl. The van der Waals surface area contributed by atoms with Gasteiger partial charge in [0.05, 0.1) is 13.7 Å². The summed E-state index contributed by atoms with van der Waals surface area (Å²) in [5.41, 5.74) is -0.719. The zero-order chi connectivity index (χ0) is 17.1. The molecule has 0 spiro atoms. The molecule has 0 amide bonds. The molecule has 0 atom stereocenters. The lowest BCUT2D eigenvalue weighted by molar-refractivity contribution is 0.330. The summed E-state index contributed by atoms with van der Waals surface area (Å²) in [4.78, 5) is 0. The van der Waals surface area contributed by atoms with Crippen molar-refractivity contribution in [2.75, 3.05) is 14.2 Å². The lowest BCUT2D eigenvalue weighted by Crippen LogP contribution is -2.10. The minimum absolute atomic E-state index is 0. The van der Waals surface area contributed by atoms with Crippen LogP contribution in [0.4, 0.5) is 17.6 Å². The van der Waals surface area contributed by atoms with Gasteiger partial charge in [0, 0.05) is 18.4 Å². The van der Waals surface area contributed by atoms with Gasteiger partial charge in [-0.15, -0.1) is 22.6 Å². The second kappa shape index (κ2) is 8.54. The van der Waals surface area contributed by atoms with Gasteiger partial charge in [-0.25, -0.2) is 8.78 Å². The Bertz CT molecular complexity index is 699. The Labute approximate surface area is 146 Å². The molecule has 0 aliphatic carbocycles. The fraction of sp³-hybridized carbons (Fsp3) is 0.385. The molecule has 134 valence electrons. The molecule has 24 heavy (non-hydrogen) atoms. The topological polar surface area (TPSA) is 52.0 Å². The smallest absolute Gasteiger partial charge is 0.204 e. The average Bonchev–Trinajstić information content (AvgIpc) is 2.87. The van der Waals surface area contributed by atoms with E-state index in [1.54, 1.807) is 18.7 Å². The van der Waals surface area contributed by atoms with E-state index in [-0.39, 0.29) is 18.2 Å². The Morgan fingerprint density at radius 1 is 1.08 bits per heavy atom. The Hall–Kier alpha value is -1.52. The monoisotopic (exact) mass is 386 g/mol. The summed E-state index contributed by atoms with van der Waals surface area (Å²) in [6.07, 6.45) is 0. The highest BCUT2D eigenvalue weighted by atomic mass is 35.5. The predicted octanol–water partition coefficient (Wildman–Crippen LogP) is 2.81. The van der Waals surface area contributed by atoms with Crippen molar-refractivity contribution in [1.29, 1.82) is 0 Å². The maximum Gasteiger partial charge on any atom is 0.204 e. The molecule has 5 nitrogen and oxygen atoms in total. The fourth-order valence-electron chi connectivity index (χ4n) is 1.88. The van der Waals surface area contributed by atoms with E-state index >= 15 is 0 Å². The third kappa shape index (κ3) is 3.76. The van der Waals surface area contributed by atoms with E-state index in [2.05, 4.69) is 20.3 Å². The summed E-state index contributed by atoms with van der Waals surface area (Å²) >= 11 is 0.913. The normalized spacial score (nSPS) is 10.6. The van der Waals surface area contributed by atoms with Crippen LogP contribution in [-0.2, 0) is 19.3 Å². The molecule has 1 N–H and O–H groups in total. The van der Waals surface area contributed by atoms with Crippen molar-refractivity contribution in [3.8, 4) is 5.75 Å². The van der Waals surface area contributed by atoms with E-state index in [4.69, 9.17) is 0 Å². The average molecular weight is 387 g/mol. The van der Waals surface area contributed by atoms with Crippen LogP contribution in [0, 0.1) is 23.3 Å². The van der Waals surface area contributed by atoms with Gasteiger partial charge in [-0.1, -0.05) is 11.8 Å². The van der Waals surface area contributed by atoms with Gasteiger partial charge in [-0.2, -0.15) is 8.78 Å². The summed E-state index contributed by atoms with van der Waals surface area (Å²) in [7, 11) is 4.34. The van der Waals surface area contributed by atoms with Crippen LogP contribution in [0.1, 0.15) is 11.4 Å². The fourth-order valence-corrected chi connectivity index (χ4v) is 2.81. The Balaban J connectivity index is 0.00000288. The molecule has 1 heterocycles.